The van der Waals surface area contributed by atoms with Crippen LogP contribution < -0.4 is 4.74 Å². The van der Waals surface area contributed by atoms with Crippen LogP contribution in [0, 0.1) is 6.92 Å². The third kappa shape index (κ3) is 4.27. The number of hydrogen-bond acceptors (Lipinski definition) is 5. The number of aliphatic hydroxyl groups is 1. The number of likely N-dealkylation sites (tertiary alicyclic amines) is 1. The highest BCUT2D eigenvalue weighted by Crippen LogP contribution is 2.40. The highest BCUT2D eigenvalue weighted by molar-refractivity contribution is 9.10. The zero-order valence-electron chi connectivity index (χ0n) is 17.1. The molecular formula is C23H24BrNO5. The third-order valence-corrected chi connectivity index (χ3v) is 5.61. The Bertz CT molecular complexity index is 1000. The van der Waals surface area contributed by atoms with E-state index in [2.05, 4.69) is 15.9 Å². The van der Waals surface area contributed by atoms with E-state index >= 15 is 0 Å². The molecule has 1 N–H and O–H groups in total. The second-order valence-corrected chi connectivity index (χ2v) is 7.99. The molecule has 3 rings (SSSR count). The molecule has 1 unspecified atom stereocenters. The van der Waals surface area contributed by atoms with Crippen molar-refractivity contribution in [1.29, 1.82) is 0 Å². The number of carbonyl (C=O) groups is 2. The summed E-state index contributed by atoms with van der Waals surface area (Å²) >= 11 is 3.45. The van der Waals surface area contributed by atoms with Crippen molar-refractivity contribution >= 4 is 33.4 Å². The van der Waals surface area contributed by atoms with E-state index in [4.69, 9.17) is 9.47 Å². The molecule has 1 atom stereocenters. The normalized spacial score (nSPS) is 18.1. The van der Waals surface area contributed by atoms with E-state index in [1.54, 1.807) is 32.4 Å². The van der Waals surface area contributed by atoms with Gasteiger partial charge in [0.1, 0.15) is 11.5 Å². The SMILES string of the molecule is COCCCN1C(=O)C(=O)C(=C(O)c2ccc(OC)c(C)c2)C1c1cccc(Br)c1. The van der Waals surface area contributed by atoms with E-state index < -0.39 is 17.7 Å². The number of rotatable bonds is 7. The minimum atomic E-state index is -0.691. The third-order valence-electron chi connectivity index (χ3n) is 5.12. The smallest absolute Gasteiger partial charge is 0.295 e. The summed E-state index contributed by atoms with van der Waals surface area (Å²) in [5.74, 6) is -0.834. The molecule has 1 heterocycles. The van der Waals surface area contributed by atoms with Gasteiger partial charge < -0.3 is 19.5 Å². The average Bonchev–Trinajstić information content (AvgIpc) is 2.98. The molecule has 0 radical (unpaired) electrons. The Hall–Kier alpha value is -2.64. The summed E-state index contributed by atoms with van der Waals surface area (Å²) in [6.07, 6.45) is 0.579. The topological polar surface area (TPSA) is 76.1 Å². The lowest BCUT2D eigenvalue weighted by Crippen LogP contribution is -2.31. The first kappa shape index (κ1) is 22.1. The first-order valence-corrected chi connectivity index (χ1v) is 10.4. The molecule has 6 nitrogen and oxygen atoms in total. The first-order chi connectivity index (χ1) is 14.4. The van der Waals surface area contributed by atoms with Crippen LogP contribution >= 0.6 is 15.9 Å². The van der Waals surface area contributed by atoms with Gasteiger partial charge in [0.25, 0.3) is 11.7 Å². The minimum absolute atomic E-state index is 0.0834. The van der Waals surface area contributed by atoms with Gasteiger partial charge in [0.2, 0.25) is 0 Å². The maximum absolute atomic E-state index is 13.0. The minimum Gasteiger partial charge on any atom is -0.507 e. The van der Waals surface area contributed by atoms with Crippen LogP contribution in [-0.2, 0) is 14.3 Å². The van der Waals surface area contributed by atoms with Crippen molar-refractivity contribution < 1.29 is 24.2 Å². The molecule has 1 aliphatic heterocycles. The molecule has 1 fully saturated rings. The highest BCUT2D eigenvalue weighted by atomic mass is 79.9. The number of ether oxygens (including phenoxy) is 2. The number of ketones is 1. The highest BCUT2D eigenvalue weighted by Gasteiger charge is 2.45. The number of nitrogens with zero attached hydrogens (tertiary/aromatic N) is 1. The number of Topliss-reactive ketones (excluding diaryl/α,β-unsaturated/α-hetero) is 1. The van der Waals surface area contributed by atoms with Crippen LogP contribution in [-0.4, -0.2) is 49.1 Å². The molecular weight excluding hydrogens is 450 g/mol. The largest absolute Gasteiger partial charge is 0.507 e. The average molecular weight is 474 g/mol. The van der Waals surface area contributed by atoms with Crippen molar-refractivity contribution in [2.24, 2.45) is 0 Å². The summed E-state index contributed by atoms with van der Waals surface area (Å²) in [4.78, 5) is 27.3. The van der Waals surface area contributed by atoms with Crippen molar-refractivity contribution in [3.8, 4) is 5.75 Å². The molecule has 0 spiro atoms. The summed E-state index contributed by atoms with van der Waals surface area (Å²) in [7, 11) is 3.16. The van der Waals surface area contributed by atoms with E-state index in [9.17, 15) is 14.7 Å². The maximum Gasteiger partial charge on any atom is 0.295 e. The molecule has 0 saturated carbocycles. The van der Waals surface area contributed by atoms with Gasteiger partial charge in [-0.05, 0) is 54.8 Å². The van der Waals surface area contributed by atoms with Crippen LogP contribution in [0.4, 0.5) is 0 Å². The van der Waals surface area contributed by atoms with Gasteiger partial charge in [-0.25, -0.2) is 0 Å². The second kappa shape index (κ2) is 9.45. The molecule has 7 heteroatoms. The predicted octanol–water partition coefficient (Wildman–Crippen LogP) is 4.22. The Morgan fingerprint density at radius 3 is 2.57 bits per heavy atom. The number of aliphatic hydroxyl groups excluding tert-OH is 1. The molecule has 0 aliphatic carbocycles. The Kier molecular flexibility index (Phi) is 6.95. The van der Waals surface area contributed by atoms with Crippen molar-refractivity contribution in [3.05, 3.63) is 69.2 Å². The monoisotopic (exact) mass is 473 g/mol. The standard InChI is InChI=1S/C23H24BrNO5/c1-14-12-16(8-9-18(14)30-3)21(26)19-20(15-6-4-7-17(24)13-15)25(10-5-11-29-2)23(28)22(19)27/h4,6-9,12-13,20,26H,5,10-11H2,1-3H3. The predicted molar refractivity (Wildman–Crippen MR) is 117 cm³/mol. The van der Waals surface area contributed by atoms with Crippen LogP contribution in [0.5, 0.6) is 5.75 Å². The number of aryl methyl sites for hydroxylation is 1. The van der Waals surface area contributed by atoms with Crippen LogP contribution in [0.15, 0.2) is 52.5 Å². The summed E-state index contributed by atoms with van der Waals surface area (Å²) in [5.41, 5.74) is 2.10. The molecule has 2 aromatic rings. The van der Waals surface area contributed by atoms with Crippen LogP contribution in [0.3, 0.4) is 0 Å². The number of methoxy groups -OCH3 is 2. The first-order valence-electron chi connectivity index (χ1n) is 9.56. The van der Waals surface area contributed by atoms with Gasteiger partial charge in [0, 0.05) is 30.3 Å². The number of hydrogen-bond donors (Lipinski definition) is 1. The molecule has 30 heavy (non-hydrogen) atoms. The van der Waals surface area contributed by atoms with E-state index in [1.165, 1.54) is 4.90 Å². The molecule has 1 amide bonds. The van der Waals surface area contributed by atoms with Gasteiger partial charge in [0.05, 0.1) is 18.7 Å². The number of benzene rings is 2. The van der Waals surface area contributed by atoms with Crippen molar-refractivity contribution in [2.75, 3.05) is 27.4 Å². The van der Waals surface area contributed by atoms with Gasteiger partial charge in [-0.3, -0.25) is 9.59 Å². The number of halogens is 1. The zero-order chi connectivity index (χ0) is 21.8. The maximum atomic E-state index is 13.0. The van der Waals surface area contributed by atoms with Crippen molar-refractivity contribution in [1.82, 2.24) is 4.90 Å². The van der Waals surface area contributed by atoms with E-state index in [0.29, 0.717) is 30.9 Å². The van der Waals surface area contributed by atoms with E-state index in [1.807, 2.05) is 31.2 Å². The van der Waals surface area contributed by atoms with Gasteiger partial charge in [-0.15, -0.1) is 0 Å². The fourth-order valence-corrected chi connectivity index (χ4v) is 4.11. The number of amides is 1. The van der Waals surface area contributed by atoms with Crippen LogP contribution in [0.2, 0.25) is 0 Å². The van der Waals surface area contributed by atoms with E-state index in [-0.39, 0.29) is 11.3 Å². The lowest BCUT2D eigenvalue weighted by molar-refractivity contribution is -0.140. The summed E-state index contributed by atoms with van der Waals surface area (Å²) in [5, 5.41) is 11.1. The van der Waals surface area contributed by atoms with Gasteiger partial charge in [-0.1, -0.05) is 28.1 Å². The summed E-state index contributed by atoms with van der Waals surface area (Å²) < 4.78 is 11.2. The lowest BCUT2D eigenvalue weighted by atomic mass is 9.95. The Labute approximate surface area is 184 Å². The summed E-state index contributed by atoms with van der Waals surface area (Å²) in [6.45, 7) is 2.66. The van der Waals surface area contributed by atoms with Crippen LogP contribution in [0.1, 0.15) is 29.2 Å². The summed E-state index contributed by atoms with van der Waals surface area (Å²) in [6, 6.07) is 11.9. The zero-order valence-corrected chi connectivity index (χ0v) is 18.7. The fourth-order valence-electron chi connectivity index (χ4n) is 3.69. The Morgan fingerprint density at radius 2 is 1.93 bits per heavy atom. The molecule has 2 aromatic carbocycles. The lowest BCUT2D eigenvalue weighted by Gasteiger charge is -2.25. The second-order valence-electron chi connectivity index (χ2n) is 7.08. The fraction of sp³-hybridized carbons (Fsp3) is 0.304. The van der Waals surface area contributed by atoms with Gasteiger partial charge >= 0.3 is 0 Å². The molecule has 158 valence electrons. The van der Waals surface area contributed by atoms with Crippen molar-refractivity contribution in [3.63, 3.8) is 0 Å². The van der Waals surface area contributed by atoms with Crippen molar-refractivity contribution in [2.45, 2.75) is 19.4 Å². The molecule has 0 aromatic heterocycles. The van der Waals surface area contributed by atoms with Gasteiger partial charge in [0.15, 0.2) is 0 Å². The Morgan fingerprint density at radius 1 is 1.17 bits per heavy atom. The quantitative estimate of drug-likeness (QED) is 0.282. The number of carbonyl (C=O) groups excluding carboxylic acids is 2. The van der Waals surface area contributed by atoms with E-state index in [0.717, 1.165) is 15.6 Å². The molecule has 0 bridgehead atoms. The van der Waals surface area contributed by atoms with Crippen LogP contribution in [0.25, 0.3) is 5.76 Å². The van der Waals surface area contributed by atoms with Gasteiger partial charge in [-0.2, -0.15) is 0 Å². The molecule has 1 saturated heterocycles. The Balaban J connectivity index is 2.13. The molecule has 1 aliphatic rings.